The van der Waals surface area contributed by atoms with Gasteiger partial charge in [0.15, 0.2) is 0 Å². The smallest absolute Gasteiger partial charge is 0.340 e. The third-order valence-corrected chi connectivity index (χ3v) is 4.37. The molecule has 2 aromatic rings. The van der Waals surface area contributed by atoms with E-state index >= 15 is 0 Å². The molecule has 2 aromatic carbocycles. The van der Waals surface area contributed by atoms with Crippen LogP contribution in [0.4, 0.5) is 5.69 Å². The van der Waals surface area contributed by atoms with E-state index in [9.17, 15) is 4.79 Å². The van der Waals surface area contributed by atoms with Crippen molar-refractivity contribution in [2.75, 3.05) is 25.9 Å². The maximum atomic E-state index is 12.2. The van der Waals surface area contributed by atoms with Crippen LogP contribution in [0.3, 0.4) is 0 Å². The van der Waals surface area contributed by atoms with Crippen molar-refractivity contribution in [2.45, 2.75) is 6.10 Å². The van der Waals surface area contributed by atoms with Crippen LogP contribution in [0, 0.1) is 0 Å². The van der Waals surface area contributed by atoms with Gasteiger partial charge in [-0.15, -0.1) is 0 Å². The van der Waals surface area contributed by atoms with Gasteiger partial charge in [-0.25, -0.2) is 4.79 Å². The van der Waals surface area contributed by atoms with Crippen molar-refractivity contribution in [3.8, 4) is 11.1 Å². The van der Waals surface area contributed by atoms with Crippen molar-refractivity contribution in [3.05, 3.63) is 52.0 Å². The molecule has 1 aliphatic rings. The fraction of sp³-hybridized carbons (Fsp3) is 0.235. The Balaban J connectivity index is 1.81. The monoisotopic (exact) mass is 350 g/mol. The number of likely N-dealkylation sites (N-methyl/N-ethyl adjacent to an activating group) is 1. The molecule has 1 saturated heterocycles. The van der Waals surface area contributed by atoms with Crippen LogP contribution < -0.4 is 5.73 Å². The average molecular weight is 351 g/mol. The van der Waals surface area contributed by atoms with Gasteiger partial charge in [-0.2, -0.15) is 0 Å². The minimum absolute atomic E-state index is 0.0581. The highest BCUT2D eigenvalue weighted by Gasteiger charge is 2.27. The maximum Gasteiger partial charge on any atom is 0.340 e. The molecule has 0 amide bonds. The average Bonchev–Trinajstić information content (AvgIpc) is 2.45. The van der Waals surface area contributed by atoms with E-state index in [4.69, 9.17) is 33.7 Å². The van der Waals surface area contributed by atoms with Gasteiger partial charge < -0.3 is 10.5 Å². The lowest BCUT2D eigenvalue weighted by Gasteiger charge is -2.35. The number of likely N-dealkylation sites (tertiary alicyclic amines) is 1. The summed E-state index contributed by atoms with van der Waals surface area (Å²) >= 11 is 12.1. The molecular weight excluding hydrogens is 335 g/mol. The fourth-order valence-electron chi connectivity index (χ4n) is 2.57. The zero-order valence-electron chi connectivity index (χ0n) is 12.6. The Morgan fingerprint density at radius 1 is 1.22 bits per heavy atom. The van der Waals surface area contributed by atoms with Crippen LogP contribution >= 0.6 is 23.2 Å². The first kappa shape index (κ1) is 16.1. The minimum atomic E-state index is -0.394. The molecule has 0 aromatic heterocycles. The molecule has 1 fully saturated rings. The van der Waals surface area contributed by atoms with Crippen LogP contribution in [0.15, 0.2) is 36.4 Å². The quantitative estimate of drug-likeness (QED) is 0.677. The predicted octanol–water partition coefficient (Wildman–Crippen LogP) is 3.71. The number of halogens is 2. The maximum absolute atomic E-state index is 12.2. The van der Waals surface area contributed by atoms with E-state index < -0.39 is 5.97 Å². The van der Waals surface area contributed by atoms with Crippen molar-refractivity contribution in [3.63, 3.8) is 0 Å². The molecule has 0 aliphatic carbocycles. The number of hydrogen-bond donors (Lipinski definition) is 1. The zero-order valence-corrected chi connectivity index (χ0v) is 14.1. The summed E-state index contributed by atoms with van der Waals surface area (Å²) in [6.45, 7) is 1.51. The van der Waals surface area contributed by atoms with E-state index in [0.29, 0.717) is 21.3 Å². The lowest BCUT2D eigenvalue weighted by atomic mass is 10.0. The van der Waals surface area contributed by atoms with Crippen molar-refractivity contribution in [2.24, 2.45) is 0 Å². The van der Waals surface area contributed by atoms with Crippen molar-refractivity contribution < 1.29 is 9.53 Å². The number of nitrogens with two attached hydrogens (primary N) is 1. The normalized spacial score (nSPS) is 15.3. The molecule has 0 bridgehead atoms. The van der Waals surface area contributed by atoms with Crippen LogP contribution in [0.1, 0.15) is 10.4 Å². The molecule has 1 aliphatic heterocycles. The molecule has 4 nitrogen and oxygen atoms in total. The third kappa shape index (κ3) is 3.44. The summed E-state index contributed by atoms with van der Waals surface area (Å²) in [5.41, 5.74) is 8.39. The Labute approximate surface area is 144 Å². The highest BCUT2D eigenvalue weighted by Crippen LogP contribution is 2.32. The summed E-state index contributed by atoms with van der Waals surface area (Å²) in [6, 6.07) is 10.4. The van der Waals surface area contributed by atoms with Gasteiger partial charge in [0, 0.05) is 34.4 Å². The molecule has 0 unspecified atom stereocenters. The van der Waals surface area contributed by atoms with Gasteiger partial charge in [-0.3, -0.25) is 4.90 Å². The van der Waals surface area contributed by atoms with Gasteiger partial charge in [0.1, 0.15) is 6.10 Å². The molecule has 0 radical (unpaired) electrons. The number of carbonyl (C=O) groups excluding carboxylic acids is 1. The Morgan fingerprint density at radius 3 is 2.57 bits per heavy atom. The van der Waals surface area contributed by atoms with E-state index in [-0.39, 0.29) is 6.10 Å². The van der Waals surface area contributed by atoms with Gasteiger partial charge in [0.2, 0.25) is 0 Å². The first-order valence-electron chi connectivity index (χ1n) is 7.18. The number of nitrogens with zero attached hydrogens (tertiary/aromatic N) is 1. The van der Waals surface area contributed by atoms with Crippen LogP contribution in [-0.4, -0.2) is 37.1 Å². The first-order chi connectivity index (χ1) is 10.9. The zero-order chi connectivity index (χ0) is 16.6. The lowest BCUT2D eigenvalue weighted by Crippen LogP contribution is -2.50. The Kier molecular flexibility index (Phi) is 4.48. The predicted molar refractivity (Wildman–Crippen MR) is 93.0 cm³/mol. The molecule has 23 heavy (non-hydrogen) atoms. The number of esters is 1. The lowest BCUT2D eigenvalue weighted by molar-refractivity contribution is -0.0211. The molecule has 1 heterocycles. The van der Waals surface area contributed by atoms with Crippen molar-refractivity contribution >= 4 is 34.9 Å². The number of nitrogen functional groups attached to an aromatic ring is 1. The summed E-state index contributed by atoms with van der Waals surface area (Å²) in [7, 11) is 1.98. The molecule has 0 saturated carbocycles. The Hall–Kier alpha value is -1.75. The van der Waals surface area contributed by atoms with Gasteiger partial charge >= 0.3 is 5.97 Å². The fourth-order valence-corrected chi connectivity index (χ4v) is 3.09. The molecule has 0 atom stereocenters. The van der Waals surface area contributed by atoms with Crippen LogP contribution in [0.5, 0.6) is 0 Å². The van der Waals surface area contributed by atoms with E-state index in [1.165, 1.54) is 0 Å². The van der Waals surface area contributed by atoms with Crippen LogP contribution in [-0.2, 0) is 4.74 Å². The van der Waals surface area contributed by atoms with Gasteiger partial charge in [0.05, 0.1) is 5.56 Å². The molecular formula is C17H16Cl2N2O2. The second-order valence-corrected chi connectivity index (χ2v) is 6.52. The Morgan fingerprint density at radius 2 is 1.96 bits per heavy atom. The summed E-state index contributed by atoms with van der Waals surface area (Å²) in [5.74, 6) is -0.394. The van der Waals surface area contributed by atoms with Crippen molar-refractivity contribution in [1.82, 2.24) is 4.90 Å². The van der Waals surface area contributed by atoms with Crippen molar-refractivity contribution in [1.29, 1.82) is 0 Å². The van der Waals surface area contributed by atoms with Gasteiger partial charge in [-0.1, -0.05) is 35.3 Å². The largest absolute Gasteiger partial charge is 0.456 e. The second-order valence-electron chi connectivity index (χ2n) is 5.67. The third-order valence-electron chi connectivity index (χ3n) is 3.82. The Bertz CT molecular complexity index is 758. The summed E-state index contributed by atoms with van der Waals surface area (Å²) in [5, 5.41) is 1.10. The summed E-state index contributed by atoms with van der Waals surface area (Å²) in [6.07, 6.45) is -0.0581. The van der Waals surface area contributed by atoms with Gasteiger partial charge in [0.25, 0.3) is 0 Å². The highest BCUT2D eigenvalue weighted by molar-refractivity contribution is 6.36. The van der Waals surface area contributed by atoms with E-state index in [2.05, 4.69) is 4.90 Å². The summed E-state index contributed by atoms with van der Waals surface area (Å²) < 4.78 is 5.40. The molecule has 120 valence electrons. The first-order valence-corrected chi connectivity index (χ1v) is 7.94. The van der Waals surface area contributed by atoms with Crippen LogP contribution in [0.25, 0.3) is 11.1 Å². The standard InChI is InChI=1S/C17H16Cl2N2O2/c1-21-8-12(9-21)23-17(22)14-4-2-10(6-16(14)20)13-5-3-11(18)7-15(13)19/h2-7,12H,8-9,20H2,1H3. The number of carbonyl (C=O) groups is 1. The number of rotatable bonds is 3. The van der Waals surface area contributed by atoms with E-state index in [1.807, 2.05) is 13.1 Å². The SMILES string of the molecule is CN1CC(OC(=O)c2ccc(-c3ccc(Cl)cc3Cl)cc2N)C1. The number of benzene rings is 2. The molecule has 3 rings (SSSR count). The number of hydrogen-bond acceptors (Lipinski definition) is 4. The minimum Gasteiger partial charge on any atom is -0.456 e. The van der Waals surface area contributed by atoms with Crippen LogP contribution in [0.2, 0.25) is 10.0 Å². The van der Waals surface area contributed by atoms with Gasteiger partial charge in [-0.05, 0) is 36.9 Å². The number of anilines is 1. The van der Waals surface area contributed by atoms with E-state index in [0.717, 1.165) is 24.2 Å². The molecule has 0 spiro atoms. The highest BCUT2D eigenvalue weighted by atomic mass is 35.5. The summed E-state index contributed by atoms with van der Waals surface area (Å²) in [4.78, 5) is 14.2. The topological polar surface area (TPSA) is 55.6 Å². The molecule has 2 N–H and O–H groups in total. The molecule has 6 heteroatoms. The number of ether oxygens (including phenoxy) is 1. The second kappa shape index (κ2) is 6.40. The van der Waals surface area contributed by atoms with E-state index in [1.54, 1.807) is 30.3 Å².